The van der Waals surface area contributed by atoms with Crippen LogP contribution >= 0.6 is 11.3 Å². The molecule has 3 aromatic heterocycles. The fraction of sp³-hybridized carbons (Fsp3) is 0.214. The molecule has 24 heavy (non-hydrogen) atoms. The molecule has 126 valence electrons. The van der Waals surface area contributed by atoms with Crippen molar-refractivity contribution >= 4 is 27.2 Å². The van der Waals surface area contributed by atoms with Gasteiger partial charge in [0.2, 0.25) is 10.0 Å². The average molecular weight is 365 g/mol. The van der Waals surface area contributed by atoms with Crippen molar-refractivity contribution in [1.82, 2.24) is 19.8 Å². The molecule has 0 bridgehead atoms. The van der Waals surface area contributed by atoms with E-state index in [1.807, 2.05) is 0 Å². The minimum absolute atomic E-state index is 0.242. The monoisotopic (exact) mass is 365 g/mol. The zero-order chi connectivity index (χ0) is 17.0. The van der Waals surface area contributed by atoms with Crippen molar-refractivity contribution in [2.24, 2.45) is 0 Å². The first-order chi connectivity index (χ1) is 11.5. The molecule has 0 amide bonds. The quantitative estimate of drug-likeness (QED) is 0.615. The topological polar surface area (TPSA) is 110 Å². The summed E-state index contributed by atoms with van der Waals surface area (Å²) in [4.78, 5) is 8.33. The van der Waals surface area contributed by atoms with Crippen LogP contribution in [0.2, 0.25) is 0 Å². The fourth-order valence-corrected chi connectivity index (χ4v) is 4.01. The lowest BCUT2D eigenvalue weighted by Gasteiger charge is -2.07. The SMILES string of the molecule is Cc1noc(-c2ccnc(NCCNS(=O)(=O)c3cccs3)c2)n1. The number of hydrogen-bond donors (Lipinski definition) is 2. The third-order valence-corrected chi connectivity index (χ3v) is 5.88. The molecule has 0 aliphatic rings. The van der Waals surface area contributed by atoms with Crippen LogP contribution in [0.4, 0.5) is 5.82 Å². The van der Waals surface area contributed by atoms with E-state index in [1.54, 1.807) is 42.8 Å². The molecule has 10 heteroatoms. The second kappa shape index (κ2) is 7.07. The zero-order valence-corrected chi connectivity index (χ0v) is 14.4. The molecule has 0 saturated heterocycles. The Balaban J connectivity index is 1.56. The number of thiophene rings is 1. The molecule has 0 spiro atoms. The molecule has 0 aliphatic carbocycles. The van der Waals surface area contributed by atoms with Gasteiger partial charge in [-0.25, -0.2) is 18.1 Å². The third kappa shape index (κ3) is 3.96. The molecule has 2 N–H and O–H groups in total. The number of nitrogens with zero attached hydrogens (tertiary/aromatic N) is 3. The van der Waals surface area contributed by atoms with Crippen LogP contribution in [0.1, 0.15) is 5.82 Å². The van der Waals surface area contributed by atoms with Crippen molar-refractivity contribution in [3.63, 3.8) is 0 Å². The number of aromatic nitrogens is 3. The van der Waals surface area contributed by atoms with Crippen molar-refractivity contribution in [3.05, 3.63) is 41.7 Å². The van der Waals surface area contributed by atoms with Gasteiger partial charge in [0.15, 0.2) is 5.82 Å². The maximum Gasteiger partial charge on any atom is 0.258 e. The zero-order valence-electron chi connectivity index (χ0n) is 12.8. The number of hydrogen-bond acceptors (Lipinski definition) is 8. The Morgan fingerprint density at radius 1 is 1.29 bits per heavy atom. The van der Waals surface area contributed by atoms with Crippen LogP contribution in [0, 0.1) is 6.92 Å². The van der Waals surface area contributed by atoms with Crippen molar-refractivity contribution in [2.45, 2.75) is 11.1 Å². The molecule has 3 rings (SSSR count). The predicted octanol–water partition coefficient (Wildman–Crippen LogP) is 1.89. The van der Waals surface area contributed by atoms with E-state index in [0.717, 1.165) is 5.56 Å². The molecule has 0 fully saturated rings. The first-order valence-electron chi connectivity index (χ1n) is 7.08. The van der Waals surface area contributed by atoms with Gasteiger partial charge in [-0.1, -0.05) is 11.2 Å². The predicted molar refractivity (Wildman–Crippen MR) is 90.3 cm³/mol. The number of aryl methyl sites for hydroxylation is 1. The van der Waals surface area contributed by atoms with Gasteiger partial charge in [0.25, 0.3) is 5.89 Å². The molecule has 0 radical (unpaired) electrons. The Morgan fingerprint density at radius 3 is 2.88 bits per heavy atom. The second-order valence-electron chi connectivity index (χ2n) is 4.83. The minimum Gasteiger partial charge on any atom is -0.369 e. The van der Waals surface area contributed by atoms with Gasteiger partial charge in [-0.2, -0.15) is 4.98 Å². The molecule has 3 aromatic rings. The van der Waals surface area contributed by atoms with E-state index in [1.165, 1.54) is 11.3 Å². The molecule has 3 heterocycles. The first kappa shape index (κ1) is 16.6. The highest BCUT2D eigenvalue weighted by molar-refractivity contribution is 7.91. The van der Waals surface area contributed by atoms with Crippen LogP contribution in [0.25, 0.3) is 11.5 Å². The maximum absolute atomic E-state index is 12.0. The molecular formula is C14H15N5O3S2. The number of rotatable bonds is 7. The van der Waals surface area contributed by atoms with Crippen LogP contribution < -0.4 is 10.0 Å². The summed E-state index contributed by atoms with van der Waals surface area (Å²) in [6.45, 7) is 2.38. The van der Waals surface area contributed by atoms with E-state index < -0.39 is 10.0 Å². The van der Waals surface area contributed by atoms with E-state index in [9.17, 15) is 8.42 Å². The van der Waals surface area contributed by atoms with E-state index in [-0.39, 0.29) is 6.54 Å². The number of nitrogens with one attached hydrogen (secondary N) is 2. The molecule has 0 atom stereocenters. The number of pyridine rings is 1. The fourth-order valence-electron chi connectivity index (χ4n) is 1.94. The van der Waals surface area contributed by atoms with Gasteiger partial charge in [0.1, 0.15) is 10.0 Å². The smallest absolute Gasteiger partial charge is 0.258 e. The van der Waals surface area contributed by atoms with Gasteiger partial charge in [-0.05, 0) is 30.5 Å². The van der Waals surface area contributed by atoms with Crippen molar-refractivity contribution in [1.29, 1.82) is 0 Å². The minimum atomic E-state index is -3.44. The molecule has 0 unspecified atom stereocenters. The Labute approximate surface area is 143 Å². The molecule has 0 saturated carbocycles. The highest BCUT2D eigenvalue weighted by Gasteiger charge is 2.13. The van der Waals surface area contributed by atoms with E-state index in [4.69, 9.17) is 4.52 Å². The van der Waals surface area contributed by atoms with Crippen LogP contribution in [0.5, 0.6) is 0 Å². The highest BCUT2D eigenvalue weighted by atomic mass is 32.2. The summed E-state index contributed by atoms with van der Waals surface area (Å²) in [5.41, 5.74) is 0.743. The van der Waals surface area contributed by atoms with Crippen LogP contribution in [-0.4, -0.2) is 36.6 Å². The van der Waals surface area contributed by atoms with Gasteiger partial charge in [-0.15, -0.1) is 11.3 Å². The lowest BCUT2D eigenvalue weighted by atomic mass is 10.2. The highest BCUT2D eigenvalue weighted by Crippen LogP contribution is 2.19. The standard InChI is InChI=1S/C14H15N5O3S2/c1-10-18-14(22-19-10)11-4-5-15-12(9-11)16-6-7-17-24(20,21)13-3-2-8-23-13/h2-5,8-9,17H,6-7H2,1H3,(H,15,16). The van der Waals surface area contributed by atoms with Gasteiger partial charge in [0, 0.05) is 24.8 Å². The second-order valence-corrected chi connectivity index (χ2v) is 7.77. The Bertz CT molecular complexity index is 906. The number of anilines is 1. The summed E-state index contributed by atoms with van der Waals surface area (Å²) in [5.74, 6) is 1.56. The lowest BCUT2D eigenvalue weighted by Crippen LogP contribution is -2.28. The van der Waals surface area contributed by atoms with Gasteiger partial charge < -0.3 is 9.84 Å². The normalized spacial score (nSPS) is 11.5. The van der Waals surface area contributed by atoms with E-state index in [2.05, 4.69) is 25.2 Å². The van der Waals surface area contributed by atoms with E-state index >= 15 is 0 Å². The lowest BCUT2D eigenvalue weighted by molar-refractivity contribution is 0.425. The van der Waals surface area contributed by atoms with E-state index in [0.29, 0.717) is 28.3 Å². The summed E-state index contributed by atoms with van der Waals surface area (Å²) in [5, 5.41) is 8.53. The summed E-state index contributed by atoms with van der Waals surface area (Å²) in [6.07, 6.45) is 1.62. The summed E-state index contributed by atoms with van der Waals surface area (Å²) < 4.78 is 31.9. The third-order valence-electron chi connectivity index (χ3n) is 3.02. The largest absolute Gasteiger partial charge is 0.369 e. The Hall–Kier alpha value is -2.30. The Morgan fingerprint density at radius 2 is 2.17 bits per heavy atom. The van der Waals surface area contributed by atoms with Crippen LogP contribution in [0.15, 0.2) is 44.6 Å². The summed E-state index contributed by atoms with van der Waals surface area (Å²) >= 11 is 1.18. The van der Waals surface area contributed by atoms with Crippen LogP contribution in [-0.2, 0) is 10.0 Å². The van der Waals surface area contributed by atoms with Crippen LogP contribution in [0.3, 0.4) is 0 Å². The number of sulfonamides is 1. The Kier molecular flexibility index (Phi) is 4.88. The van der Waals surface area contributed by atoms with Crippen molar-refractivity contribution < 1.29 is 12.9 Å². The maximum atomic E-state index is 12.0. The average Bonchev–Trinajstić information content (AvgIpc) is 3.24. The van der Waals surface area contributed by atoms with Gasteiger partial charge in [0.05, 0.1) is 0 Å². The molecule has 0 aromatic carbocycles. The van der Waals surface area contributed by atoms with Gasteiger partial charge >= 0.3 is 0 Å². The molecule has 8 nitrogen and oxygen atoms in total. The first-order valence-corrected chi connectivity index (χ1v) is 9.45. The van der Waals surface area contributed by atoms with Crippen molar-refractivity contribution in [2.75, 3.05) is 18.4 Å². The summed E-state index contributed by atoms with van der Waals surface area (Å²) in [7, 11) is -3.44. The van der Waals surface area contributed by atoms with Gasteiger partial charge in [-0.3, -0.25) is 0 Å². The summed E-state index contributed by atoms with van der Waals surface area (Å²) in [6, 6.07) is 6.79. The molecular weight excluding hydrogens is 350 g/mol. The molecule has 0 aliphatic heterocycles. The van der Waals surface area contributed by atoms with Crippen molar-refractivity contribution in [3.8, 4) is 11.5 Å².